The van der Waals surface area contributed by atoms with Gasteiger partial charge in [-0.2, -0.15) is 0 Å². The fourth-order valence-electron chi connectivity index (χ4n) is 3.74. The van der Waals surface area contributed by atoms with Crippen molar-refractivity contribution in [2.24, 2.45) is 17.3 Å². The molecular weight excluding hydrogens is 248 g/mol. The molecule has 3 heteroatoms. The van der Waals surface area contributed by atoms with Crippen LogP contribution in [0.2, 0.25) is 0 Å². The van der Waals surface area contributed by atoms with Crippen LogP contribution in [0, 0.1) is 17.3 Å². The lowest BCUT2D eigenvalue weighted by Gasteiger charge is -2.40. The van der Waals surface area contributed by atoms with Crippen LogP contribution in [-0.2, 0) is 4.79 Å². The maximum absolute atomic E-state index is 12.6. The number of nitrogens with zero attached hydrogens (tertiary/aromatic N) is 1. The van der Waals surface area contributed by atoms with Crippen molar-refractivity contribution in [3.05, 3.63) is 0 Å². The molecule has 2 atom stereocenters. The highest BCUT2D eigenvalue weighted by atomic mass is 16.2. The molecule has 0 aromatic rings. The Hall–Kier alpha value is -0.570. The summed E-state index contributed by atoms with van der Waals surface area (Å²) in [4.78, 5) is 14.7. The lowest BCUT2D eigenvalue weighted by atomic mass is 9.75. The molecule has 0 bridgehead atoms. The number of carbonyl (C=O) groups is 1. The fraction of sp³-hybridized carbons (Fsp3) is 0.941. The highest BCUT2D eigenvalue weighted by molar-refractivity contribution is 5.82. The van der Waals surface area contributed by atoms with E-state index < -0.39 is 0 Å². The number of amides is 1. The van der Waals surface area contributed by atoms with Crippen LogP contribution in [0.4, 0.5) is 0 Å². The molecule has 0 radical (unpaired) electrons. The molecule has 2 rings (SSSR count). The summed E-state index contributed by atoms with van der Waals surface area (Å²) in [6.07, 6.45) is 5.80. The predicted octanol–water partition coefficient (Wildman–Crippen LogP) is 3.05. The lowest BCUT2D eigenvalue weighted by molar-refractivity contribution is -0.136. The van der Waals surface area contributed by atoms with Crippen LogP contribution in [0.3, 0.4) is 0 Å². The topological polar surface area (TPSA) is 32.3 Å². The molecule has 0 aromatic carbocycles. The monoisotopic (exact) mass is 280 g/mol. The second-order valence-electron chi connectivity index (χ2n) is 7.77. The van der Waals surface area contributed by atoms with Crippen LogP contribution in [0.25, 0.3) is 0 Å². The van der Waals surface area contributed by atoms with Gasteiger partial charge in [0.1, 0.15) is 0 Å². The highest BCUT2D eigenvalue weighted by Crippen LogP contribution is 2.34. The van der Waals surface area contributed by atoms with Gasteiger partial charge in [0.2, 0.25) is 5.91 Å². The summed E-state index contributed by atoms with van der Waals surface area (Å²) in [5.74, 6) is 1.85. The van der Waals surface area contributed by atoms with Crippen molar-refractivity contribution < 1.29 is 4.79 Å². The molecule has 2 aliphatic heterocycles. The van der Waals surface area contributed by atoms with E-state index >= 15 is 0 Å². The first kappa shape index (κ1) is 15.8. The summed E-state index contributed by atoms with van der Waals surface area (Å²) in [6, 6.07) is 0.0832. The van der Waals surface area contributed by atoms with Crippen molar-refractivity contribution in [3.8, 4) is 0 Å². The second kappa shape index (κ2) is 6.46. The van der Waals surface area contributed by atoms with Gasteiger partial charge in [0, 0.05) is 13.1 Å². The van der Waals surface area contributed by atoms with Gasteiger partial charge in [-0.3, -0.25) is 4.79 Å². The molecule has 116 valence electrons. The summed E-state index contributed by atoms with van der Waals surface area (Å²) in [6.45, 7) is 12.1. The molecule has 0 spiro atoms. The van der Waals surface area contributed by atoms with Crippen LogP contribution in [0.15, 0.2) is 0 Å². The Morgan fingerprint density at radius 2 is 1.85 bits per heavy atom. The first-order valence-electron chi connectivity index (χ1n) is 8.44. The zero-order chi connectivity index (χ0) is 14.8. The van der Waals surface area contributed by atoms with Gasteiger partial charge >= 0.3 is 0 Å². The summed E-state index contributed by atoms with van der Waals surface area (Å²) < 4.78 is 0. The van der Waals surface area contributed by atoms with E-state index in [-0.39, 0.29) is 6.04 Å². The Morgan fingerprint density at radius 1 is 1.20 bits per heavy atom. The van der Waals surface area contributed by atoms with Gasteiger partial charge in [-0.05, 0) is 49.5 Å². The zero-order valence-electron chi connectivity index (χ0n) is 13.7. The minimum Gasteiger partial charge on any atom is -0.341 e. The van der Waals surface area contributed by atoms with E-state index in [1.807, 2.05) is 0 Å². The lowest BCUT2D eigenvalue weighted by Crippen LogP contribution is -2.52. The Labute approximate surface area is 124 Å². The Morgan fingerprint density at radius 3 is 2.40 bits per heavy atom. The van der Waals surface area contributed by atoms with E-state index in [4.69, 9.17) is 0 Å². The third-order valence-corrected chi connectivity index (χ3v) is 5.42. The van der Waals surface area contributed by atoms with Crippen LogP contribution in [-0.4, -0.2) is 36.5 Å². The quantitative estimate of drug-likeness (QED) is 0.843. The van der Waals surface area contributed by atoms with Gasteiger partial charge in [0.15, 0.2) is 0 Å². The molecule has 1 amide bonds. The summed E-state index contributed by atoms with van der Waals surface area (Å²) >= 11 is 0. The second-order valence-corrected chi connectivity index (χ2v) is 7.77. The standard InChI is InChI=1S/C17H32N2O/c1-5-13-6-9-18-15(12-13)16(20)19-10-7-14(8-11-19)17(2,3)4/h13-15,18H,5-12H2,1-4H3. The van der Waals surface area contributed by atoms with Crippen molar-refractivity contribution in [1.82, 2.24) is 10.2 Å². The van der Waals surface area contributed by atoms with Gasteiger partial charge in [0.05, 0.1) is 6.04 Å². The molecule has 0 aliphatic carbocycles. The molecule has 2 unspecified atom stereocenters. The number of nitrogens with one attached hydrogen (secondary N) is 1. The van der Waals surface area contributed by atoms with Gasteiger partial charge in [-0.25, -0.2) is 0 Å². The van der Waals surface area contributed by atoms with Crippen molar-refractivity contribution in [3.63, 3.8) is 0 Å². The zero-order valence-corrected chi connectivity index (χ0v) is 13.7. The first-order valence-corrected chi connectivity index (χ1v) is 8.44. The molecule has 2 heterocycles. The van der Waals surface area contributed by atoms with Crippen molar-refractivity contribution in [2.45, 2.75) is 65.8 Å². The molecule has 3 nitrogen and oxygen atoms in total. The molecule has 20 heavy (non-hydrogen) atoms. The average Bonchev–Trinajstić information content (AvgIpc) is 2.46. The summed E-state index contributed by atoms with van der Waals surface area (Å²) in [5, 5.41) is 3.43. The van der Waals surface area contributed by atoms with Crippen molar-refractivity contribution in [1.29, 1.82) is 0 Å². The summed E-state index contributed by atoms with van der Waals surface area (Å²) in [5.41, 5.74) is 0.380. The van der Waals surface area contributed by atoms with E-state index in [0.29, 0.717) is 11.3 Å². The molecule has 1 N–H and O–H groups in total. The smallest absolute Gasteiger partial charge is 0.239 e. The Balaban J connectivity index is 1.85. The van der Waals surface area contributed by atoms with E-state index in [0.717, 1.165) is 37.9 Å². The van der Waals surface area contributed by atoms with Crippen LogP contribution in [0.1, 0.15) is 59.8 Å². The number of likely N-dealkylation sites (tertiary alicyclic amines) is 1. The number of hydrogen-bond acceptors (Lipinski definition) is 2. The van der Waals surface area contributed by atoms with E-state index in [2.05, 4.69) is 37.9 Å². The maximum Gasteiger partial charge on any atom is 0.239 e. The molecular formula is C17H32N2O. The first-order chi connectivity index (χ1) is 9.41. The van der Waals surface area contributed by atoms with Gasteiger partial charge in [-0.15, -0.1) is 0 Å². The average molecular weight is 280 g/mol. The van der Waals surface area contributed by atoms with E-state index in [1.165, 1.54) is 25.7 Å². The number of piperidine rings is 2. The van der Waals surface area contributed by atoms with Crippen molar-refractivity contribution >= 4 is 5.91 Å². The third kappa shape index (κ3) is 3.75. The minimum atomic E-state index is 0.0832. The van der Waals surface area contributed by atoms with Crippen LogP contribution < -0.4 is 5.32 Å². The van der Waals surface area contributed by atoms with E-state index in [9.17, 15) is 4.79 Å². The minimum absolute atomic E-state index is 0.0832. The molecule has 0 aromatic heterocycles. The molecule has 0 saturated carbocycles. The van der Waals surface area contributed by atoms with Crippen molar-refractivity contribution in [2.75, 3.05) is 19.6 Å². The number of rotatable bonds is 2. The number of hydrogen-bond donors (Lipinski definition) is 1. The normalized spacial score (nSPS) is 29.5. The predicted molar refractivity (Wildman–Crippen MR) is 83.6 cm³/mol. The van der Waals surface area contributed by atoms with Gasteiger partial charge in [-0.1, -0.05) is 34.1 Å². The molecule has 2 aliphatic rings. The Bertz CT molecular complexity index is 326. The fourth-order valence-corrected chi connectivity index (χ4v) is 3.74. The van der Waals surface area contributed by atoms with Gasteiger partial charge in [0.25, 0.3) is 0 Å². The SMILES string of the molecule is CCC1CCNC(C(=O)N2CCC(C(C)(C)C)CC2)C1. The summed E-state index contributed by atoms with van der Waals surface area (Å²) in [7, 11) is 0. The number of carbonyl (C=O) groups excluding carboxylic acids is 1. The van der Waals surface area contributed by atoms with Crippen LogP contribution in [0.5, 0.6) is 0 Å². The highest BCUT2D eigenvalue weighted by Gasteiger charge is 2.34. The largest absolute Gasteiger partial charge is 0.341 e. The van der Waals surface area contributed by atoms with E-state index in [1.54, 1.807) is 0 Å². The molecule has 2 saturated heterocycles. The molecule has 2 fully saturated rings. The third-order valence-electron chi connectivity index (χ3n) is 5.42. The maximum atomic E-state index is 12.6. The van der Waals surface area contributed by atoms with Crippen LogP contribution >= 0.6 is 0 Å². The Kier molecular flexibility index (Phi) is 5.11. The van der Waals surface area contributed by atoms with Gasteiger partial charge < -0.3 is 10.2 Å².